The molecule has 21 heavy (non-hydrogen) atoms. The molecule has 0 spiro atoms. The highest BCUT2D eigenvalue weighted by Gasteiger charge is 2.29. The van der Waals surface area contributed by atoms with Crippen LogP contribution in [-0.2, 0) is 6.42 Å². The van der Waals surface area contributed by atoms with Crippen molar-refractivity contribution in [1.29, 1.82) is 0 Å². The highest BCUT2D eigenvalue weighted by molar-refractivity contribution is 8.00. The van der Waals surface area contributed by atoms with Gasteiger partial charge in [-0.25, -0.2) is 0 Å². The predicted molar refractivity (Wildman–Crippen MR) is 83.5 cm³/mol. The second-order valence-electron chi connectivity index (χ2n) is 5.35. The maximum Gasteiger partial charge on any atom is 0.446 e. The lowest BCUT2D eigenvalue weighted by molar-refractivity contribution is -0.0328. The van der Waals surface area contributed by atoms with Crippen LogP contribution in [0.25, 0.3) is 0 Å². The normalized spacial score (nSPS) is 21.9. The van der Waals surface area contributed by atoms with Crippen LogP contribution in [-0.4, -0.2) is 11.6 Å². The number of hydrogen-bond acceptors (Lipinski definition) is 2. The third-order valence-corrected chi connectivity index (χ3v) is 4.15. The quantitative estimate of drug-likeness (QED) is 0.765. The van der Waals surface area contributed by atoms with Gasteiger partial charge in [-0.1, -0.05) is 19.9 Å². The molecule has 5 heteroatoms. The minimum absolute atomic E-state index is 0.0372. The van der Waals surface area contributed by atoms with E-state index >= 15 is 0 Å². The number of alkyl halides is 3. The molecule has 1 saturated carbocycles. The third-order valence-electron chi connectivity index (χ3n) is 3.45. The van der Waals surface area contributed by atoms with Crippen LogP contribution in [0.5, 0.6) is 0 Å². The monoisotopic (exact) mass is 319 g/mol. The van der Waals surface area contributed by atoms with Crippen molar-refractivity contribution < 1.29 is 13.2 Å². The first-order valence-corrected chi connectivity index (χ1v) is 8.25. The summed E-state index contributed by atoms with van der Waals surface area (Å²) in [6.45, 7) is 5.84. The van der Waals surface area contributed by atoms with Crippen molar-refractivity contribution in [3.63, 3.8) is 0 Å². The van der Waals surface area contributed by atoms with Crippen LogP contribution in [0.3, 0.4) is 0 Å². The standard InChI is InChI=1S/C14H18F3NS.C2H6/c1-9-4-11(6-10-2-3-12(18)7-10)8-13(5-9)19-14(15,16)17;1-2/h4-5,8,10,12H,2-3,6-7,18H2,1H3;1-2H3. The predicted octanol–water partition coefficient (Wildman–Crippen LogP) is 5.30. The lowest BCUT2D eigenvalue weighted by Gasteiger charge is -2.13. The average Bonchev–Trinajstić information content (AvgIpc) is 2.74. The van der Waals surface area contributed by atoms with E-state index in [1.165, 1.54) is 0 Å². The highest BCUT2D eigenvalue weighted by Crippen LogP contribution is 2.38. The maximum atomic E-state index is 12.4. The van der Waals surface area contributed by atoms with Crippen LogP contribution in [0.4, 0.5) is 13.2 Å². The fraction of sp³-hybridized carbons (Fsp3) is 0.625. The van der Waals surface area contributed by atoms with Crippen molar-refractivity contribution in [2.45, 2.75) is 62.9 Å². The molecule has 0 radical (unpaired) electrons. The number of halogens is 3. The smallest absolute Gasteiger partial charge is 0.328 e. The molecule has 1 aliphatic rings. The summed E-state index contributed by atoms with van der Waals surface area (Å²) in [5.41, 5.74) is 3.52. The molecule has 2 atom stereocenters. The first kappa shape index (κ1) is 18.4. The third kappa shape index (κ3) is 6.74. The highest BCUT2D eigenvalue weighted by atomic mass is 32.2. The van der Waals surface area contributed by atoms with E-state index in [2.05, 4.69) is 0 Å². The van der Waals surface area contributed by atoms with E-state index in [9.17, 15) is 13.2 Å². The Labute approximate surface area is 129 Å². The van der Waals surface area contributed by atoms with Gasteiger partial charge in [-0.3, -0.25) is 0 Å². The van der Waals surface area contributed by atoms with E-state index < -0.39 is 5.51 Å². The van der Waals surface area contributed by atoms with Crippen molar-refractivity contribution in [3.05, 3.63) is 29.3 Å². The van der Waals surface area contributed by atoms with E-state index in [0.717, 1.165) is 36.8 Å². The van der Waals surface area contributed by atoms with Gasteiger partial charge in [-0.15, -0.1) is 0 Å². The Hall–Kier alpha value is -0.680. The molecule has 1 aliphatic carbocycles. The Kier molecular flexibility index (Phi) is 7.07. The van der Waals surface area contributed by atoms with E-state index in [-0.39, 0.29) is 22.7 Å². The summed E-state index contributed by atoms with van der Waals surface area (Å²) in [7, 11) is 0. The Morgan fingerprint density at radius 2 is 1.86 bits per heavy atom. The van der Waals surface area contributed by atoms with Crippen LogP contribution < -0.4 is 5.73 Å². The number of rotatable bonds is 3. The van der Waals surface area contributed by atoms with Crippen LogP contribution in [0.1, 0.15) is 44.2 Å². The van der Waals surface area contributed by atoms with Crippen LogP contribution in [0.2, 0.25) is 0 Å². The van der Waals surface area contributed by atoms with E-state index in [1.807, 2.05) is 26.8 Å². The lowest BCUT2D eigenvalue weighted by Crippen LogP contribution is -2.15. The summed E-state index contributed by atoms with van der Waals surface area (Å²) in [5.74, 6) is 0.514. The van der Waals surface area contributed by atoms with Gasteiger partial charge in [0, 0.05) is 10.9 Å². The zero-order valence-electron chi connectivity index (χ0n) is 12.8. The molecule has 0 heterocycles. The Balaban J connectivity index is 0.00000106. The molecule has 0 amide bonds. The SMILES string of the molecule is CC.Cc1cc(CC2CCC(N)C2)cc(SC(F)(F)F)c1. The van der Waals surface area contributed by atoms with Crippen molar-refractivity contribution in [1.82, 2.24) is 0 Å². The summed E-state index contributed by atoms with van der Waals surface area (Å²) >= 11 is -0.0372. The van der Waals surface area contributed by atoms with Crippen LogP contribution in [0.15, 0.2) is 23.1 Å². The number of aryl methyl sites for hydroxylation is 1. The first-order chi connectivity index (χ1) is 9.82. The number of nitrogens with two attached hydrogens (primary N) is 1. The molecule has 120 valence electrons. The lowest BCUT2D eigenvalue weighted by atomic mass is 9.97. The minimum atomic E-state index is -4.22. The summed E-state index contributed by atoms with van der Waals surface area (Å²) in [6, 6.07) is 5.49. The topological polar surface area (TPSA) is 26.0 Å². The van der Waals surface area contributed by atoms with Gasteiger partial charge in [-0.2, -0.15) is 13.2 Å². The molecular formula is C16H24F3NS. The van der Waals surface area contributed by atoms with E-state index in [1.54, 1.807) is 12.1 Å². The fourth-order valence-corrected chi connectivity index (χ4v) is 3.49. The molecule has 2 unspecified atom stereocenters. The van der Waals surface area contributed by atoms with Crippen molar-refractivity contribution in [2.75, 3.05) is 0 Å². The minimum Gasteiger partial charge on any atom is -0.328 e. The van der Waals surface area contributed by atoms with Gasteiger partial charge in [-0.05, 0) is 73.5 Å². The maximum absolute atomic E-state index is 12.4. The van der Waals surface area contributed by atoms with Crippen molar-refractivity contribution >= 4 is 11.8 Å². The molecule has 1 aromatic rings. The molecule has 1 nitrogen and oxygen atoms in total. The van der Waals surface area contributed by atoms with Gasteiger partial charge in [0.2, 0.25) is 0 Å². The first-order valence-electron chi connectivity index (χ1n) is 7.44. The van der Waals surface area contributed by atoms with Crippen molar-refractivity contribution in [3.8, 4) is 0 Å². The summed E-state index contributed by atoms with van der Waals surface area (Å²) in [6.07, 6.45) is 3.92. The van der Waals surface area contributed by atoms with Gasteiger partial charge in [0.15, 0.2) is 0 Å². The Bertz CT molecular complexity index is 446. The Morgan fingerprint density at radius 3 is 2.38 bits per heavy atom. The molecule has 2 rings (SSSR count). The Morgan fingerprint density at radius 1 is 1.19 bits per heavy atom. The second-order valence-corrected chi connectivity index (χ2v) is 6.48. The zero-order valence-corrected chi connectivity index (χ0v) is 13.7. The number of thioether (sulfide) groups is 1. The molecule has 0 aromatic heterocycles. The zero-order chi connectivity index (χ0) is 16.0. The van der Waals surface area contributed by atoms with E-state index in [0.29, 0.717) is 5.92 Å². The number of hydrogen-bond donors (Lipinski definition) is 1. The summed E-state index contributed by atoms with van der Waals surface area (Å²) in [4.78, 5) is 0.282. The summed E-state index contributed by atoms with van der Waals surface area (Å²) in [5, 5.41) is 0. The molecule has 0 saturated heterocycles. The van der Waals surface area contributed by atoms with Gasteiger partial charge >= 0.3 is 5.51 Å². The largest absolute Gasteiger partial charge is 0.446 e. The molecule has 1 fully saturated rings. The van der Waals surface area contributed by atoms with Crippen molar-refractivity contribution in [2.24, 2.45) is 11.7 Å². The van der Waals surface area contributed by atoms with Gasteiger partial charge in [0.25, 0.3) is 0 Å². The second kappa shape index (κ2) is 8.08. The molecule has 0 aliphatic heterocycles. The average molecular weight is 319 g/mol. The summed E-state index contributed by atoms with van der Waals surface area (Å²) < 4.78 is 37.2. The van der Waals surface area contributed by atoms with Gasteiger partial charge in [0.05, 0.1) is 0 Å². The van der Waals surface area contributed by atoms with Crippen LogP contribution >= 0.6 is 11.8 Å². The molecule has 0 bridgehead atoms. The van der Waals surface area contributed by atoms with Gasteiger partial charge < -0.3 is 5.73 Å². The number of benzene rings is 1. The molecule has 2 N–H and O–H groups in total. The van der Waals surface area contributed by atoms with E-state index in [4.69, 9.17) is 5.73 Å². The van der Waals surface area contributed by atoms with Gasteiger partial charge in [0.1, 0.15) is 0 Å². The van der Waals surface area contributed by atoms with Crippen LogP contribution in [0, 0.1) is 12.8 Å². The fourth-order valence-electron chi connectivity index (χ4n) is 2.77. The molecule has 1 aromatic carbocycles. The molecular weight excluding hydrogens is 295 g/mol.